The summed E-state index contributed by atoms with van der Waals surface area (Å²) in [6.07, 6.45) is 1.71. The molecule has 4 aromatic rings. The molecular formula is C20H22N8O2. The van der Waals surface area contributed by atoms with E-state index in [1.54, 1.807) is 23.8 Å². The van der Waals surface area contributed by atoms with E-state index >= 15 is 0 Å². The molecule has 0 aliphatic carbocycles. The van der Waals surface area contributed by atoms with Crippen molar-refractivity contribution in [3.63, 3.8) is 0 Å². The third-order valence-corrected chi connectivity index (χ3v) is 4.57. The number of aromatic nitrogens is 8. The first-order valence-electron chi connectivity index (χ1n) is 9.61. The number of para-hydroxylation sites is 2. The topological polar surface area (TPSA) is 106 Å². The van der Waals surface area contributed by atoms with E-state index in [1.165, 1.54) is 0 Å². The number of hydrogen-bond acceptors (Lipinski definition) is 8. The van der Waals surface area contributed by atoms with Crippen LogP contribution in [0.5, 0.6) is 11.5 Å². The zero-order valence-electron chi connectivity index (χ0n) is 16.8. The van der Waals surface area contributed by atoms with Gasteiger partial charge in [0.15, 0.2) is 0 Å². The monoisotopic (exact) mass is 406 g/mol. The average Bonchev–Trinajstić information content (AvgIpc) is 3.46. The molecule has 0 aliphatic rings. The number of tetrazole rings is 2. The molecule has 0 saturated heterocycles. The van der Waals surface area contributed by atoms with Gasteiger partial charge in [-0.3, -0.25) is 0 Å². The minimum Gasteiger partial charge on any atom is -0.496 e. The molecule has 0 atom stereocenters. The first-order chi connectivity index (χ1) is 14.8. The lowest BCUT2D eigenvalue weighted by Crippen LogP contribution is -2.07. The standard InChI is InChI=1S/C20H22N8O2/c1-29-17-11-5-3-9-15(17)19-21-25-27(23-19)13-7-8-14-28-24-20(22-26-28)16-10-4-6-12-18(16)30-2/h3-6,9-12H,7-8,13-14H2,1-2H3. The van der Waals surface area contributed by atoms with Gasteiger partial charge in [0.05, 0.1) is 38.4 Å². The lowest BCUT2D eigenvalue weighted by Gasteiger charge is -2.03. The van der Waals surface area contributed by atoms with E-state index in [4.69, 9.17) is 9.47 Å². The summed E-state index contributed by atoms with van der Waals surface area (Å²) in [6, 6.07) is 15.2. The minimum absolute atomic E-state index is 0.548. The van der Waals surface area contributed by atoms with Gasteiger partial charge in [-0.25, -0.2) is 0 Å². The van der Waals surface area contributed by atoms with Crippen molar-refractivity contribution in [3.05, 3.63) is 48.5 Å². The molecule has 0 unspecified atom stereocenters. The summed E-state index contributed by atoms with van der Waals surface area (Å²) in [6.45, 7) is 1.30. The van der Waals surface area contributed by atoms with E-state index in [-0.39, 0.29) is 0 Å². The number of hydrogen-bond donors (Lipinski definition) is 0. The molecule has 10 nitrogen and oxygen atoms in total. The van der Waals surface area contributed by atoms with Crippen molar-refractivity contribution < 1.29 is 9.47 Å². The van der Waals surface area contributed by atoms with Crippen LogP contribution in [0.2, 0.25) is 0 Å². The van der Waals surface area contributed by atoms with E-state index in [9.17, 15) is 0 Å². The van der Waals surface area contributed by atoms with Gasteiger partial charge in [0.2, 0.25) is 11.6 Å². The molecular weight excluding hydrogens is 384 g/mol. The summed E-state index contributed by atoms with van der Waals surface area (Å²) in [4.78, 5) is 3.19. The molecule has 4 rings (SSSR count). The molecule has 2 aromatic carbocycles. The largest absolute Gasteiger partial charge is 0.496 e. The lowest BCUT2D eigenvalue weighted by molar-refractivity contribution is 0.415. The maximum absolute atomic E-state index is 5.36. The molecule has 0 amide bonds. The Labute approximate surface area is 173 Å². The van der Waals surface area contributed by atoms with Crippen molar-refractivity contribution in [3.8, 4) is 34.3 Å². The second kappa shape index (κ2) is 9.12. The van der Waals surface area contributed by atoms with E-state index in [0.717, 1.165) is 35.5 Å². The van der Waals surface area contributed by atoms with Crippen molar-refractivity contribution in [2.24, 2.45) is 0 Å². The van der Waals surface area contributed by atoms with Crippen LogP contribution in [0.15, 0.2) is 48.5 Å². The summed E-state index contributed by atoms with van der Waals surface area (Å²) in [5.41, 5.74) is 1.64. The highest BCUT2D eigenvalue weighted by Gasteiger charge is 2.12. The molecule has 0 aliphatic heterocycles. The summed E-state index contributed by atoms with van der Waals surface area (Å²) in [5, 5.41) is 25.4. The molecule has 0 bridgehead atoms. The number of rotatable bonds is 9. The zero-order valence-corrected chi connectivity index (χ0v) is 16.8. The third kappa shape index (κ3) is 4.27. The lowest BCUT2D eigenvalue weighted by atomic mass is 10.2. The van der Waals surface area contributed by atoms with Crippen LogP contribution in [0.4, 0.5) is 0 Å². The highest BCUT2D eigenvalue weighted by atomic mass is 16.5. The number of unbranched alkanes of at least 4 members (excludes halogenated alkanes) is 1. The molecule has 10 heteroatoms. The quantitative estimate of drug-likeness (QED) is 0.390. The molecule has 2 aromatic heterocycles. The second-order valence-electron chi connectivity index (χ2n) is 6.53. The van der Waals surface area contributed by atoms with Gasteiger partial charge in [-0.2, -0.15) is 9.59 Å². The van der Waals surface area contributed by atoms with Gasteiger partial charge in [0.1, 0.15) is 11.5 Å². The summed E-state index contributed by atoms with van der Waals surface area (Å²) in [7, 11) is 3.25. The summed E-state index contributed by atoms with van der Waals surface area (Å²) in [5.74, 6) is 2.54. The Morgan fingerprint density at radius 3 is 1.53 bits per heavy atom. The first kappa shape index (κ1) is 19.5. The predicted octanol–water partition coefficient (Wildman–Crippen LogP) is 2.49. The number of methoxy groups -OCH3 is 2. The van der Waals surface area contributed by atoms with Crippen LogP contribution < -0.4 is 9.47 Å². The van der Waals surface area contributed by atoms with Crippen LogP contribution in [-0.2, 0) is 13.1 Å². The summed E-state index contributed by atoms with van der Waals surface area (Å²) >= 11 is 0. The minimum atomic E-state index is 0.548. The van der Waals surface area contributed by atoms with Crippen LogP contribution in [-0.4, -0.2) is 54.6 Å². The van der Waals surface area contributed by atoms with Gasteiger partial charge in [0, 0.05) is 0 Å². The third-order valence-electron chi connectivity index (χ3n) is 4.57. The fourth-order valence-electron chi connectivity index (χ4n) is 3.06. The molecule has 0 N–H and O–H groups in total. The molecule has 0 saturated carbocycles. The molecule has 0 radical (unpaired) electrons. The number of nitrogens with zero attached hydrogens (tertiary/aromatic N) is 8. The Balaban J connectivity index is 1.31. The van der Waals surface area contributed by atoms with E-state index in [0.29, 0.717) is 24.7 Å². The highest BCUT2D eigenvalue weighted by molar-refractivity contribution is 5.63. The summed E-state index contributed by atoms with van der Waals surface area (Å²) < 4.78 is 10.7. The van der Waals surface area contributed by atoms with Gasteiger partial charge in [-0.15, -0.1) is 20.4 Å². The zero-order chi connectivity index (χ0) is 20.8. The fourth-order valence-corrected chi connectivity index (χ4v) is 3.06. The van der Waals surface area contributed by atoms with Gasteiger partial charge < -0.3 is 9.47 Å². The average molecular weight is 406 g/mol. The predicted molar refractivity (Wildman–Crippen MR) is 109 cm³/mol. The smallest absolute Gasteiger partial charge is 0.208 e. The van der Waals surface area contributed by atoms with Gasteiger partial charge in [-0.05, 0) is 47.5 Å². The number of ether oxygens (including phenoxy) is 2. The Morgan fingerprint density at radius 1 is 0.667 bits per heavy atom. The Bertz CT molecular complexity index is 1020. The maximum Gasteiger partial charge on any atom is 0.208 e. The van der Waals surface area contributed by atoms with Crippen molar-refractivity contribution in [1.29, 1.82) is 0 Å². The van der Waals surface area contributed by atoms with Crippen LogP contribution >= 0.6 is 0 Å². The van der Waals surface area contributed by atoms with E-state index in [2.05, 4.69) is 30.8 Å². The molecule has 2 heterocycles. The molecule has 0 spiro atoms. The van der Waals surface area contributed by atoms with Crippen LogP contribution in [0.1, 0.15) is 12.8 Å². The number of aryl methyl sites for hydroxylation is 2. The van der Waals surface area contributed by atoms with Crippen LogP contribution in [0, 0.1) is 0 Å². The molecule has 30 heavy (non-hydrogen) atoms. The Kier molecular flexibility index (Phi) is 5.93. The van der Waals surface area contributed by atoms with Crippen molar-refractivity contribution in [1.82, 2.24) is 40.4 Å². The normalized spacial score (nSPS) is 10.9. The van der Waals surface area contributed by atoms with Crippen molar-refractivity contribution >= 4 is 0 Å². The van der Waals surface area contributed by atoms with E-state index in [1.807, 2.05) is 48.5 Å². The number of benzene rings is 2. The molecule has 0 fully saturated rings. The highest BCUT2D eigenvalue weighted by Crippen LogP contribution is 2.26. The van der Waals surface area contributed by atoms with Gasteiger partial charge >= 0.3 is 0 Å². The van der Waals surface area contributed by atoms with Gasteiger partial charge in [-0.1, -0.05) is 24.3 Å². The SMILES string of the molecule is COc1ccccc1-c1nnn(CCCCn2nnc(-c3ccccc3OC)n2)n1. The first-order valence-corrected chi connectivity index (χ1v) is 9.61. The van der Waals surface area contributed by atoms with Crippen molar-refractivity contribution in [2.45, 2.75) is 25.9 Å². The van der Waals surface area contributed by atoms with Crippen LogP contribution in [0.3, 0.4) is 0 Å². The second-order valence-corrected chi connectivity index (χ2v) is 6.53. The Hall–Kier alpha value is -3.82. The van der Waals surface area contributed by atoms with E-state index < -0.39 is 0 Å². The fraction of sp³-hybridized carbons (Fsp3) is 0.300. The van der Waals surface area contributed by atoms with Gasteiger partial charge in [0.25, 0.3) is 0 Å². The van der Waals surface area contributed by atoms with Crippen molar-refractivity contribution in [2.75, 3.05) is 14.2 Å². The Morgan fingerprint density at radius 2 is 1.10 bits per heavy atom. The molecule has 154 valence electrons. The van der Waals surface area contributed by atoms with Crippen LogP contribution in [0.25, 0.3) is 22.8 Å². The maximum atomic E-state index is 5.36.